The van der Waals surface area contributed by atoms with E-state index < -0.39 is 11.7 Å². The van der Waals surface area contributed by atoms with Gasteiger partial charge in [-0.2, -0.15) is 18.2 Å². The van der Waals surface area contributed by atoms with E-state index in [1.165, 1.54) is 6.07 Å². The number of aromatic nitrogens is 2. The van der Waals surface area contributed by atoms with Gasteiger partial charge in [-0.15, -0.1) is 0 Å². The van der Waals surface area contributed by atoms with Crippen molar-refractivity contribution in [2.75, 3.05) is 7.05 Å². The summed E-state index contributed by atoms with van der Waals surface area (Å²) in [6, 6.07) is 18.6. The third-order valence-corrected chi connectivity index (χ3v) is 5.03. The molecule has 0 aliphatic rings. The molecule has 4 aromatic rings. The molecule has 0 aliphatic carbocycles. The Kier molecular flexibility index (Phi) is 5.61. The van der Waals surface area contributed by atoms with Gasteiger partial charge in [-0.25, -0.2) is 0 Å². The van der Waals surface area contributed by atoms with Crippen molar-refractivity contribution in [2.24, 2.45) is 0 Å². The molecule has 7 heteroatoms. The lowest BCUT2D eigenvalue weighted by Crippen LogP contribution is -2.08. The molecule has 4 rings (SSSR count). The highest BCUT2D eigenvalue weighted by atomic mass is 19.4. The lowest BCUT2D eigenvalue weighted by atomic mass is 9.94. The summed E-state index contributed by atoms with van der Waals surface area (Å²) < 4.78 is 46.9. The minimum Gasteiger partial charge on any atom is -0.334 e. The number of nitrogens with zero attached hydrogens (tertiary/aromatic N) is 2. The first-order valence-corrected chi connectivity index (χ1v) is 9.72. The molecule has 0 saturated heterocycles. The Morgan fingerprint density at radius 1 is 0.903 bits per heavy atom. The smallest absolute Gasteiger partial charge is 0.334 e. The highest BCUT2D eigenvalue weighted by Gasteiger charge is 2.34. The van der Waals surface area contributed by atoms with Crippen LogP contribution in [-0.2, 0) is 12.7 Å². The molecule has 1 aromatic heterocycles. The third kappa shape index (κ3) is 4.36. The third-order valence-electron chi connectivity index (χ3n) is 5.03. The fraction of sp³-hybridized carbons (Fsp3) is 0.167. The summed E-state index contributed by atoms with van der Waals surface area (Å²) in [5.74, 6) is 0.360. The molecule has 0 bridgehead atoms. The predicted molar refractivity (Wildman–Crippen MR) is 113 cm³/mol. The number of rotatable bonds is 5. The Hall–Kier alpha value is -3.45. The van der Waals surface area contributed by atoms with Crippen LogP contribution in [-0.4, -0.2) is 17.2 Å². The van der Waals surface area contributed by atoms with Gasteiger partial charge >= 0.3 is 6.18 Å². The SMILES string of the molecule is CNCc1ccc(-c2noc(-c3ccc(-c4ccccc4C)c(C(F)(F)F)c3)n2)cc1. The normalized spacial score (nSPS) is 11.6. The van der Waals surface area contributed by atoms with Crippen molar-refractivity contribution in [3.05, 3.63) is 83.4 Å². The van der Waals surface area contributed by atoms with E-state index in [2.05, 4.69) is 15.5 Å². The number of benzene rings is 3. The van der Waals surface area contributed by atoms with Gasteiger partial charge in [0.2, 0.25) is 5.82 Å². The molecule has 0 unspecified atom stereocenters. The van der Waals surface area contributed by atoms with Gasteiger partial charge in [-0.3, -0.25) is 0 Å². The van der Waals surface area contributed by atoms with Crippen molar-refractivity contribution in [3.63, 3.8) is 0 Å². The molecule has 0 atom stereocenters. The molecule has 0 spiro atoms. The summed E-state index contributed by atoms with van der Waals surface area (Å²) in [6.45, 7) is 2.51. The minimum atomic E-state index is -4.53. The summed E-state index contributed by atoms with van der Waals surface area (Å²) in [5.41, 5.74) is 2.72. The Bertz CT molecular complexity index is 1200. The van der Waals surface area contributed by atoms with E-state index >= 15 is 0 Å². The lowest BCUT2D eigenvalue weighted by Gasteiger charge is -2.15. The summed E-state index contributed by atoms with van der Waals surface area (Å²) in [7, 11) is 1.86. The van der Waals surface area contributed by atoms with Crippen LogP contribution in [0.3, 0.4) is 0 Å². The van der Waals surface area contributed by atoms with Gasteiger partial charge in [0.15, 0.2) is 0 Å². The molecule has 3 aromatic carbocycles. The Morgan fingerprint density at radius 2 is 1.61 bits per heavy atom. The number of hydrogen-bond acceptors (Lipinski definition) is 4. The number of nitrogens with one attached hydrogen (secondary N) is 1. The maximum absolute atomic E-state index is 13.9. The molecule has 31 heavy (non-hydrogen) atoms. The predicted octanol–water partition coefficient (Wildman–Crippen LogP) is 6.12. The van der Waals surface area contributed by atoms with Gasteiger partial charge in [-0.05, 0) is 48.4 Å². The summed E-state index contributed by atoms with van der Waals surface area (Å²) in [6.07, 6.45) is -4.53. The molecular weight excluding hydrogens is 403 g/mol. The van der Waals surface area contributed by atoms with E-state index in [9.17, 15) is 13.2 Å². The van der Waals surface area contributed by atoms with Crippen LogP contribution < -0.4 is 5.32 Å². The van der Waals surface area contributed by atoms with Gasteiger partial charge in [0.1, 0.15) is 0 Å². The molecule has 158 valence electrons. The van der Waals surface area contributed by atoms with Gasteiger partial charge in [0.25, 0.3) is 5.89 Å². The molecular formula is C24H20F3N3O. The van der Waals surface area contributed by atoms with Crippen LogP contribution in [0.15, 0.2) is 71.3 Å². The van der Waals surface area contributed by atoms with Crippen molar-refractivity contribution in [1.29, 1.82) is 0 Å². The zero-order valence-electron chi connectivity index (χ0n) is 17.0. The average molecular weight is 423 g/mol. The summed E-state index contributed by atoms with van der Waals surface area (Å²) in [5, 5.41) is 7.01. The monoisotopic (exact) mass is 423 g/mol. The van der Waals surface area contributed by atoms with Crippen molar-refractivity contribution < 1.29 is 17.7 Å². The molecule has 0 aliphatic heterocycles. The van der Waals surface area contributed by atoms with Crippen LogP contribution in [0.5, 0.6) is 0 Å². The van der Waals surface area contributed by atoms with Crippen molar-refractivity contribution in [3.8, 4) is 34.0 Å². The molecule has 4 nitrogen and oxygen atoms in total. The standard InChI is InChI=1S/C24H20F3N3O/c1-15-5-3-4-6-19(15)20-12-11-18(13-21(20)24(25,26)27)23-29-22(30-31-23)17-9-7-16(8-10-17)14-28-2/h3-13,28H,14H2,1-2H3. The van der Waals surface area contributed by atoms with Gasteiger partial charge in [-0.1, -0.05) is 59.8 Å². The van der Waals surface area contributed by atoms with Crippen LogP contribution in [0, 0.1) is 6.92 Å². The first kappa shape index (κ1) is 20.8. The Balaban J connectivity index is 1.72. The van der Waals surface area contributed by atoms with Crippen molar-refractivity contribution in [1.82, 2.24) is 15.5 Å². The topological polar surface area (TPSA) is 51.0 Å². The summed E-state index contributed by atoms with van der Waals surface area (Å²) in [4.78, 5) is 4.31. The second kappa shape index (κ2) is 8.35. The van der Waals surface area contributed by atoms with E-state index in [1.54, 1.807) is 37.3 Å². The fourth-order valence-electron chi connectivity index (χ4n) is 3.46. The molecule has 0 saturated carbocycles. The maximum Gasteiger partial charge on any atom is 0.417 e. The van der Waals surface area contributed by atoms with E-state index in [-0.39, 0.29) is 17.0 Å². The van der Waals surface area contributed by atoms with Gasteiger partial charge < -0.3 is 9.84 Å². The maximum atomic E-state index is 13.9. The van der Waals surface area contributed by atoms with E-state index in [0.29, 0.717) is 11.4 Å². The zero-order chi connectivity index (χ0) is 22.0. The molecule has 0 amide bonds. The average Bonchev–Trinajstić information content (AvgIpc) is 3.24. The first-order valence-electron chi connectivity index (χ1n) is 9.72. The second-order valence-electron chi connectivity index (χ2n) is 7.22. The van der Waals surface area contributed by atoms with Gasteiger partial charge in [0, 0.05) is 17.7 Å². The Labute approximate surface area is 177 Å². The molecule has 0 fully saturated rings. The van der Waals surface area contributed by atoms with Crippen LogP contribution in [0.4, 0.5) is 13.2 Å². The van der Waals surface area contributed by atoms with E-state index in [0.717, 1.165) is 29.3 Å². The van der Waals surface area contributed by atoms with Crippen LogP contribution in [0.25, 0.3) is 34.0 Å². The number of aryl methyl sites for hydroxylation is 1. The lowest BCUT2D eigenvalue weighted by molar-refractivity contribution is -0.137. The molecule has 1 N–H and O–H groups in total. The number of alkyl halides is 3. The van der Waals surface area contributed by atoms with E-state index in [1.807, 2.05) is 31.3 Å². The highest BCUT2D eigenvalue weighted by molar-refractivity contribution is 5.74. The van der Waals surface area contributed by atoms with Crippen molar-refractivity contribution >= 4 is 0 Å². The van der Waals surface area contributed by atoms with Crippen LogP contribution in [0.2, 0.25) is 0 Å². The van der Waals surface area contributed by atoms with Crippen LogP contribution in [0.1, 0.15) is 16.7 Å². The largest absolute Gasteiger partial charge is 0.417 e. The van der Waals surface area contributed by atoms with Crippen molar-refractivity contribution in [2.45, 2.75) is 19.6 Å². The number of halogens is 3. The fourth-order valence-corrected chi connectivity index (χ4v) is 3.46. The van der Waals surface area contributed by atoms with E-state index in [4.69, 9.17) is 4.52 Å². The molecule has 0 radical (unpaired) electrons. The second-order valence-corrected chi connectivity index (χ2v) is 7.22. The summed E-state index contributed by atoms with van der Waals surface area (Å²) >= 11 is 0. The van der Waals surface area contributed by atoms with Gasteiger partial charge in [0.05, 0.1) is 5.56 Å². The zero-order valence-corrected chi connectivity index (χ0v) is 17.0. The Morgan fingerprint density at radius 3 is 2.29 bits per heavy atom. The minimum absolute atomic E-state index is 0.0381. The highest BCUT2D eigenvalue weighted by Crippen LogP contribution is 2.40. The molecule has 1 heterocycles. The quantitative estimate of drug-likeness (QED) is 0.420. The number of hydrogen-bond donors (Lipinski definition) is 1. The first-order chi connectivity index (χ1) is 14.9. The van der Waals surface area contributed by atoms with Crippen LogP contribution >= 0.6 is 0 Å².